The number of imide groups is 1. The monoisotopic (exact) mass is 1050 g/mol. The molecule has 2 amide bonds. The van der Waals surface area contributed by atoms with Crippen molar-refractivity contribution in [3.8, 4) is 5.75 Å². The molecule has 3 fully saturated rings. The second-order valence-corrected chi connectivity index (χ2v) is 23.2. The highest BCUT2D eigenvalue weighted by Crippen LogP contribution is 2.68. The number of esters is 3. The zero-order valence-electron chi connectivity index (χ0n) is 45.5. The van der Waals surface area contributed by atoms with Crippen LogP contribution in [0.4, 0.5) is 5.69 Å². The van der Waals surface area contributed by atoms with Gasteiger partial charge in [0.1, 0.15) is 11.2 Å². The molecule has 2 aromatic carbocycles. The smallest absolute Gasteiger partial charge is 0.344 e. The van der Waals surface area contributed by atoms with Crippen LogP contribution in [-0.4, -0.2) is 157 Å². The van der Waals surface area contributed by atoms with E-state index in [1.54, 1.807) is 7.11 Å². The van der Waals surface area contributed by atoms with Gasteiger partial charge < -0.3 is 39.0 Å². The predicted molar refractivity (Wildman–Crippen MR) is 287 cm³/mol. The van der Waals surface area contributed by atoms with Crippen LogP contribution >= 0.6 is 0 Å². The van der Waals surface area contributed by atoms with Gasteiger partial charge in [-0.25, -0.2) is 4.79 Å². The van der Waals surface area contributed by atoms with Crippen molar-refractivity contribution >= 4 is 46.3 Å². The number of unbranched alkanes of at least 4 members (excludes halogenated alkanes) is 8. The molecule has 10 rings (SSSR count). The zero-order valence-corrected chi connectivity index (χ0v) is 45.5. The average Bonchev–Trinajstić information content (AvgIpc) is 4.36. The molecule has 76 heavy (non-hydrogen) atoms. The SMILES string of the molecule is CCC12C=CCN3CC[C@@]4(c5cc([C@@]6(C(=O)OC)C[C@@H]7CN(CCc8c6[nH]c6ccccc86)C[C@](O)(CC)C7)c(OC)cc5N(C)[C@H]4[C@@](O)(C(=O)OC)[C@@H]1OC(=O)CCCCCCCCCCCN1C(=O)C=CC1=O)[C@H]32. The minimum Gasteiger partial charge on any atom is -0.496 e. The Kier molecular flexibility index (Phi) is 14.9. The van der Waals surface area contributed by atoms with E-state index in [0.717, 1.165) is 84.8 Å². The second-order valence-electron chi connectivity index (χ2n) is 23.2. The molecule has 1 saturated carbocycles. The number of hydrogen-bond acceptors (Lipinski definition) is 14. The molecule has 2 unspecified atom stereocenters. The van der Waals surface area contributed by atoms with Crippen LogP contribution in [0.1, 0.15) is 133 Å². The summed E-state index contributed by atoms with van der Waals surface area (Å²) in [6.07, 6.45) is 16.9. The lowest BCUT2D eigenvalue weighted by molar-refractivity contribution is -0.229. The highest BCUT2D eigenvalue weighted by atomic mass is 16.6. The molecule has 3 aromatic rings. The standard InChI is InChI=1S/C60H79N5O11/c1-7-56(71)35-39-36-59(54(69)74-5,50-41(26-31-63(37-39)38-56)40-21-17-18-22-44(40)61-50)43-33-42-45(34-46(43)73-4)62(3)52-58(42)28-32-64-29-20-27-57(8-2,51(58)64)53(60(52,72)55(70)75-6)76-49(68)23-16-14-12-10-9-11-13-15-19-30-65-47(66)24-25-48(65)67/h17-18,20-22,24-25,27,33-34,39,51-53,61,71-72H,7-16,19,23,26,28-32,35-38H2,1-6H3/t39-,51-,52-,53-,56+,57?,58-,59+,60+/m1/s1. The normalized spacial score (nSPS) is 32.3. The molecule has 10 atom stereocenters. The number of nitrogens with zero attached hydrogens (tertiary/aromatic N) is 4. The lowest BCUT2D eigenvalue weighted by Gasteiger charge is -2.63. The van der Waals surface area contributed by atoms with Crippen LogP contribution in [0.15, 0.2) is 60.7 Å². The summed E-state index contributed by atoms with van der Waals surface area (Å²) >= 11 is 0. The number of para-hydroxylation sites is 1. The molecule has 16 heteroatoms. The molecule has 6 aliphatic heterocycles. The molecule has 410 valence electrons. The van der Waals surface area contributed by atoms with E-state index in [0.29, 0.717) is 95.5 Å². The third kappa shape index (κ3) is 8.50. The number of carbonyl (C=O) groups is 5. The van der Waals surface area contributed by atoms with Gasteiger partial charge in [0.2, 0.25) is 5.60 Å². The maximum absolute atomic E-state index is 15.5. The minimum atomic E-state index is -2.36. The lowest BCUT2D eigenvalue weighted by atomic mass is 9.47. The van der Waals surface area contributed by atoms with Gasteiger partial charge in [0.05, 0.1) is 33.0 Å². The first-order chi connectivity index (χ1) is 36.6. The zero-order chi connectivity index (χ0) is 53.8. The van der Waals surface area contributed by atoms with Gasteiger partial charge in [0.15, 0.2) is 6.10 Å². The molecular weight excluding hydrogens is 967 g/mol. The number of rotatable bonds is 19. The second kappa shape index (κ2) is 21.0. The summed E-state index contributed by atoms with van der Waals surface area (Å²) in [4.78, 5) is 80.2. The van der Waals surface area contributed by atoms with Crippen LogP contribution in [-0.2, 0) is 55.4 Å². The minimum absolute atomic E-state index is 0.122. The van der Waals surface area contributed by atoms with Crippen molar-refractivity contribution in [3.63, 3.8) is 0 Å². The van der Waals surface area contributed by atoms with Crippen molar-refractivity contribution in [2.75, 3.05) is 72.5 Å². The molecule has 1 spiro atoms. The summed E-state index contributed by atoms with van der Waals surface area (Å²) in [6, 6.07) is 10.9. The molecule has 3 N–H and O–H groups in total. The fourth-order valence-electron chi connectivity index (χ4n) is 16.0. The first-order valence-corrected chi connectivity index (χ1v) is 28.1. The number of piperidine rings is 1. The van der Waals surface area contributed by atoms with E-state index in [9.17, 15) is 29.4 Å². The van der Waals surface area contributed by atoms with E-state index in [2.05, 4.69) is 39.1 Å². The number of hydrogen-bond donors (Lipinski definition) is 3. The van der Waals surface area contributed by atoms with Crippen molar-refractivity contribution in [1.29, 1.82) is 0 Å². The Morgan fingerprint density at radius 3 is 2.20 bits per heavy atom. The Morgan fingerprint density at radius 2 is 1.51 bits per heavy atom. The fraction of sp³-hybridized carbons (Fsp3) is 0.617. The first kappa shape index (κ1) is 53.8. The number of methoxy groups -OCH3 is 3. The van der Waals surface area contributed by atoms with Gasteiger partial charge in [-0.2, -0.15) is 0 Å². The highest BCUT2D eigenvalue weighted by molar-refractivity contribution is 6.12. The van der Waals surface area contributed by atoms with Gasteiger partial charge in [-0.15, -0.1) is 0 Å². The summed E-state index contributed by atoms with van der Waals surface area (Å²) in [5.74, 6) is -1.95. The van der Waals surface area contributed by atoms with Crippen molar-refractivity contribution in [2.24, 2.45) is 11.3 Å². The molecule has 7 aliphatic rings. The van der Waals surface area contributed by atoms with Gasteiger partial charge >= 0.3 is 17.9 Å². The van der Waals surface area contributed by atoms with Crippen LogP contribution < -0.4 is 9.64 Å². The largest absolute Gasteiger partial charge is 0.496 e. The van der Waals surface area contributed by atoms with Crippen molar-refractivity contribution in [1.82, 2.24) is 19.7 Å². The fourth-order valence-corrected chi connectivity index (χ4v) is 16.0. The highest BCUT2D eigenvalue weighted by Gasteiger charge is 2.80. The molecule has 1 aliphatic carbocycles. The third-order valence-corrected chi connectivity index (χ3v) is 19.2. The number of ether oxygens (including phenoxy) is 4. The summed E-state index contributed by atoms with van der Waals surface area (Å²) < 4.78 is 24.7. The number of H-pyrrole nitrogens is 1. The maximum Gasteiger partial charge on any atom is 0.344 e. The third-order valence-electron chi connectivity index (χ3n) is 19.2. The Bertz CT molecular complexity index is 2790. The van der Waals surface area contributed by atoms with E-state index < -0.39 is 57.5 Å². The molecule has 1 aromatic heterocycles. The quantitative estimate of drug-likeness (QED) is 0.0374. The molecule has 2 saturated heterocycles. The summed E-state index contributed by atoms with van der Waals surface area (Å²) in [7, 11) is 6.20. The van der Waals surface area contributed by atoms with Gasteiger partial charge in [0.25, 0.3) is 11.8 Å². The number of amides is 2. The summed E-state index contributed by atoms with van der Waals surface area (Å²) in [5, 5.41) is 26.9. The molecule has 2 bridgehead atoms. The van der Waals surface area contributed by atoms with Crippen molar-refractivity contribution < 1.29 is 53.1 Å². The van der Waals surface area contributed by atoms with Gasteiger partial charge in [-0.05, 0) is 87.1 Å². The number of benzene rings is 2. The Labute approximate surface area is 447 Å². The van der Waals surface area contributed by atoms with Crippen LogP contribution in [0.5, 0.6) is 5.75 Å². The Balaban J connectivity index is 0.985. The molecule has 16 nitrogen and oxygen atoms in total. The topological polar surface area (TPSA) is 191 Å². The number of nitrogens with one attached hydrogen (secondary N) is 1. The van der Waals surface area contributed by atoms with Gasteiger partial charge in [-0.1, -0.05) is 89.1 Å². The summed E-state index contributed by atoms with van der Waals surface area (Å²) in [6.45, 7) is 7.71. The van der Waals surface area contributed by atoms with E-state index in [1.165, 1.54) is 31.3 Å². The van der Waals surface area contributed by atoms with Crippen molar-refractivity contribution in [2.45, 2.75) is 157 Å². The van der Waals surface area contributed by atoms with E-state index in [1.807, 2.05) is 50.1 Å². The Morgan fingerprint density at radius 1 is 0.816 bits per heavy atom. The molecular formula is C60H79N5O11. The number of likely N-dealkylation sites (N-methyl/N-ethyl adjacent to an activating group) is 1. The number of aromatic amines is 1. The summed E-state index contributed by atoms with van der Waals surface area (Å²) in [5.41, 5.74) is -1.89. The van der Waals surface area contributed by atoms with Crippen LogP contribution in [0, 0.1) is 11.3 Å². The van der Waals surface area contributed by atoms with Crippen molar-refractivity contribution in [3.05, 3.63) is 83.1 Å². The number of fused-ring (bicyclic) bond motifs is 6. The molecule has 0 radical (unpaired) electrons. The predicted octanol–water partition coefficient (Wildman–Crippen LogP) is 6.80. The van der Waals surface area contributed by atoms with Gasteiger partial charge in [0, 0.05) is 109 Å². The number of aromatic nitrogens is 1. The van der Waals surface area contributed by atoms with E-state index >= 15 is 4.79 Å². The molecule has 7 heterocycles. The first-order valence-electron chi connectivity index (χ1n) is 28.1. The average molecular weight is 1050 g/mol. The van der Waals surface area contributed by atoms with Crippen LogP contribution in [0.2, 0.25) is 0 Å². The van der Waals surface area contributed by atoms with E-state index in [4.69, 9.17) is 18.9 Å². The lowest BCUT2D eigenvalue weighted by Crippen LogP contribution is -2.81. The number of carbonyl (C=O) groups excluding carboxylic acids is 5. The van der Waals surface area contributed by atoms with Crippen LogP contribution in [0.25, 0.3) is 10.9 Å². The van der Waals surface area contributed by atoms with E-state index in [-0.39, 0.29) is 30.2 Å². The van der Waals surface area contributed by atoms with Crippen LogP contribution in [0.3, 0.4) is 0 Å². The van der Waals surface area contributed by atoms with Gasteiger partial charge in [-0.3, -0.25) is 33.9 Å². The maximum atomic E-state index is 15.5. The Hall–Kier alpha value is -5.55. The number of anilines is 1. The number of aliphatic hydroxyl groups is 2.